The van der Waals surface area contributed by atoms with Crippen molar-refractivity contribution in [3.05, 3.63) is 35.4 Å². The lowest BCUT2D eigenvalue weighted by Crippen LogP contribution is -2.27. The molecule has 0 aliphatic heterocycles. The van der Waals surface area contributed by atoms with E-state index >= 15 is 0 Å². The Bertz CT molecular complexity index is 448. The molecule has 0 radical (unpaired) electrons. The van der Waals surface area contributed by atoms with E-state index in [-0.39, 0.29) is 17.3 Å². The molecule has 0 spiro atoms. The van der Waals surface area contributed by atoms with Gasteiger partial charge in [0.25, 0.3) is 0 Å². The largest absolute Gasteiger partial charge is 0.390 e. The van der Waals surface area contributed by atoms with Crippen molar-refractivity contribution >= 4 is 23.1 Å². The van der Waals surface area contributed by atoms with Crippen LogP contribution in [0, 0.1) is 0 Å². The van der Waals surface area contributed by atoms with Crippen molar-refractivity contribution in [2.24, 2.45) is 5.73 Å². The highest BCUT2D eigenvalue weighted by molar-refractivity contribution is 7.80. The van der Waals surface area contributed by atoms with Crippen molar-refractivity contribution in [2.45, 2.75) is 25.6 Å². The van der Waals surface area contributed by atoms with Crippen LogP contribution in [-0.4, -0.2) is 33.8 Å². The van der Waals surface area contributed by atoms with Crippen LogP contribution in [0.5, 0.6) is 0 Å². The minimum absolute atomic E-state index is 0.164. The minimum atomic E-state index is -1.01. The number of hydrogen-bond donors (Lipinski definition) is 4. The van der Waals surface area contributed by atoms with Gasteiger partial charge in [-0.3, -0.25) is 4.79 Å². The maximum Gasteiger partial charge on any atom is 0.216 e. The fraction of sp³-hybridized carbons (Fsp3) is 0.385. The molecule has 19 heavy (non-hydrogen) atoms. The number of aliphatic hydroxyl groups excluding tert-OH is 2. The van der Waals surface area contributed by atoms with Crippen molar-refractivity contribution in [1.29, 1.82) is 0 Å². The Hall–Kier alpha value is -1.50. The van der Waals surface area contributed by atoms with Crippen LogP contribution in [-0.2, 0) is 4.79 Å². The normalized spacial score (nSPS) is 13.6. The summed E-state index contributed by atoms with van der Waals surface area (Å²) in [6, 6.07) is 6.73. The molecule has 1 aromatic carbocycles. The van der Waals surface area contributed by atoms with E-state index in [0.717, 1.165) is 0 Å². The molecule has 6 heteroatoms. The molecule has 0 fully saturated rings. The van der Waals surface area contributed by atoms with Gasteiger partial charge in [0.05, 0.1) is 6.10 Å². The Morgan fingerprint density at radius 2 is 1.95 bits per heavy atom. The predicted octanol–water partition coefficient (Wildman–Crippen LogP) is 0.241. The Morgan fingerprint density at radius 1 is 1.37 bits per heavy atom. The van der Waals surface area contributed by atoms with Gasteiger partial charge >= 0.3 is 0 Å². The van der Waals surface area contributed by atoms with E-state index in [1.54, 1.807) is 24.3 Å². The zero-order chi connectivity index (χ0) is 14.4. The molecular formula is C13H18N2O3S. The molecule has 0 aromatic heterocycles. The van der Waals surface area contributed by atoms with Crippen LogP contribution < -0.4 is 11.1 Å². The van der Waals surface area contributed by atoms with E-state index in [0.29, 0.717) is 17.7 Å². The van der Waals surface area contributed by atoms with Crippen LogP contribution >= 0.6 is 12.2 Å². The maximum absolute atomic E-state index is 10.7. The Morgan fingerprint density at radius 3 is 2.42 bits per heavy atom. The molecule has 1 amide bonds. The van der Waals surface area contributed by atoms with Crippen LogP contribution in [0.3, 0.4) is 0 Å². The van der Waals surface area contributed by atoms with E-state index in [1.165, 1.54) is 6.92 Å². The van der Waals surface area contributed by atoms with Gasteiger partial charge < -0.3 is 21.3 Å². The van der Waals surface area contributed by atoms with Crippen molar-refractivity contribution < 1.29 is 15.0 Å². The Balaban J connectivity index is 2.58. The summed E-state index contributed by atoms with van der Waals surface area (Å²) in [6.45, 7) is 1.72. The average molecular weight is 282 g/mol. The number of carbonyl (C=O) groups is 1. The van der Waals surface area contributed by atoms with E-state index in [2.05, 4.69) is 5.32 Å². The molecule has 0 aliphatic carbocycles. The van der Waals surface area contributed by atoms with Crippen molar-refractivity contribution in [1.82, 2.24) is 5.32 Å². The number of rotatable bonds is 6. The molecule has 5 N–H and O–H groups in total. The highest BCUT2D eigenvalue weighted by Gasteiger charge is 2.18. The SMILES string of the molecule is CC(=O)NCCC(O)C(O)c1ccc(C(N)=S)cc1. The van der Waals surface area contributed by atoms with Gasteiger partial charge in [0.15, 0.2) is 0 Å². The lowest BCUT2D eigenvalue weighted by Gasteiger charge is -2.18. The van der Waals surface area contributed by atoms with Crippen LogP contribution in [0.25, 0.3) is 0 Å². The molecule has 2 atom stereocenters. The number of hydrogen-bond acceptors (Lipinski definition) is 4. The summed E-state index contributed by atoms with van der Waals surface area (Å²) in [4.78, 5) is 11.0. The third-order valence-electron chi connectivity index (χ3n) is 2.72. The number of nitrogens with two attached hydrogens (primary N) is 1. The number of carbonyl (C=O) groups excluding carboxylic acids is 1. The zero-order valence-electron chi connectivity index (χ0n) is 10.7. The third-order valence-corrected chi connectivity index (χ3v) is 2.95. The summed E-state index contributed by atoms with van der Waals surface area (Å²) in [7, 11) is 0. The summed E-state index contributed by atoms with van der Waals surface area (Å²) in [5, 5.41) is 22.3. The molecule has 1 aromatic rings. The summed E-state index contributed by atoms with van der Waals surface area (Å²) < 4.78 is 0. The van der Waals surface area contributed by atoms with Crippen molar-refractivity contribution in [3.8, 4) is 0 Å². The lowest BCUT2D eigenvalue weighted by atomic mass is 10.0. The highest BCUT2D eigenvalue weighted by atomic mass is 32.1. The second-order valence-corrected chi connectivity index (χ2v) is 4.71. The number of nitrogens with one attached hydrogen (secondary N) is 1. The van der Waals surface area contributed by atoms with Crippen LogP contribution in [0.2, 0.25) is 0 Å². The number of benzene rings is 1. The third kappa shape index (κ3) is 4.94. The van der Waals surface area contributed by atoms with Gasteiger partial charge in [-0.1, -0.05) is 36.5 Å². The second-order valence-electron chi connectivity index (χ2n) is 4.27. The monoisotopic (exact) mass is 282 g/mol. The molecule has 104 valence electrons. The fourth-order valence-corrected chi connectivity index (χ4v) is 1.76. The van der Waals surface area contributed by atoms with Gasteiger partial charge in [0.1, 0.15) is 11.1 Å². The van der Waals surface area contributed by atoms with Gasteiger partial charge in [-0.15, -0.1) is 0 Å². The Labute approximate surface area is 117 Å². The first-order chi connectivity index (χ1) is 8.91. The molecule has 5 nitrogen and oxygen atoms in total. The topological polar surface area (TPSA) is 95.6 Å². The van der Waals surface area contributed by atoms with Gasteiger partial charge in [-0.2, -0.15) is 0 Å². The van der Waals surface area contributed by atoms with Gasteiger partial charge in [-0.05, 0) is 12.0 Å². The van der Waals surface area contributed by atoms with E-state index in [9.17, 15) is 15.0 Å². The predicted molar refractivity (Wildman–Crippen MR) is 76.6 cm³/mol. The van der Waals surface area contributed by atoms with Crippen molar-refractivity contribution in [3.63, 3.8) is 0 Å². The summed E-state index contributed by atoms with van der Waals surface area (Å²) in [6.07, 6.45) is -1.67. The molecule has 0 saturated heterocycles. The van der Waals surface area contributed by atoms with E-state index in [4.69, 9.17) is 18.0 Å². The van der Waals surface area contributed by atoms with Crippen molar-refractivity contribution in [2.75, 3.05) is 6.54 Å². The summed E-state index contributed by atoms with van der Waals surface area (Å²) >= 11 is 4.83. The standard InChI is InChI=1S/C13H18N2O3S/c1-8(16)15-7-6-11(17)12(18)9-2-4-10(5-3-9)13(14)19/h2-5,11-12,17-18H,6-7H2,1H3,(H2,14,19)(H,15,16). The van der Waals surface area contributed by atoms with E-state index < -0.39 is 12.2 Å². The Kier molecular flexibility index (Phi) is 5.88. The van der Waals surface area contributed by atoms with Crippen LogP contribution in [0.4, 0.5) is 0 Å². The van der Waals surface area contributed by atoms with Crippen LogP contribution in [0.1, 0.15) is 30.6 Å². The first-order valence-corrected chi connectivity index (χ1v) is 6.33. The van der Waals surface area contributed by atoms with Crippen LogP contribution in [0.15, 0.2) is 24.3 Å². The first kappa shape index (κ1) is 15.6. The molecule has 0 heterocycles. The smallest absolute Gasteiger partial charge is 0.216 e. The van der Waals surface area contributed by atoms with Gasteiger partial charge in [0, 0.05) is 19.0 Å². The number of thiocarbonyl (C=S) groups is 1. The number of amides is 1. The highest BCUT2D eigenvalue weighted by Crippen LogP contribution is 2.19. The number of aliphatic hydroxyl groups is 2. The second kappa shape index (κ2) is 7.18. The van der Waals surface area contributed by atoms with Gasteiger partial charge in [0.2, 0.25) is 5.91 Å². The minimum Gasteiger partial charge on any atom is -0.390 e. The summed E-state index contributed by atoms with van der Waals surface area (Å²) in [5.74, 6) is -0.164. The molecule has 0 saturated carbocycles. The fourth-order valence-electron chi connectivity index (χ4n) is 1.62. The van der Waals surface area contributed by atoms with Gasteiger partial charge in [-0.25, -0.2) is 0 Å². The molecule has 0 bridgehead atoms. The molecule has 0 aliphatic rings. The maximum atomic E-state index is 10.7. The first-order valence-electron chi connectivity index (χ1n) is 5.92. The quantitative estimate of drug-likeness (QED) is 0.561. The van der Waals surface area contributed by atoms with E-state index in [1.807, 2.05) is 0 Å². The molecule has 2 unspecified atom stereocenters. The molecule has 1 rings (SSSR count). The zero-order valence-corrected chi connectivity index (χ0v) is 11.5. The summed E-state index contributed by atoms with van der Waals surface area (Å²) in [5.41, 5.74) is 6.76. The molecular weight excluding hydrogens is 264 g/mol. The lowest BCUT2D eigenvalue weighted by molar-refractivity contribution is -0.119. The average Bonchev–Trinajstić information content (AvgIpc) is 2.37.